The Morgan fingerprint density at radius 1 is 1.11 bits per heavy atom. The molecule has 0 saturated carbocycles. The molecule has 27 heavy (non-hydrogen) atoms. The minimum Gasteiger partial charge on any atom is -0.297 e. The van der Waals surface area contributed by atoms with E-state index in [1.54, 1.807) is 25.2 Å². The lowest BCUT2D eigenvalue weighted by molar-refractivity contribution is 0.238. The molecule has 142 valence electrons. The van der Waals surface area contributed by atoms with Crippen molar-refractivity contribution in [2.75, 3.05) is 13.1 Å². The number of aromatic nitrogens is 3. The molecule has 0 saturated heterocycles. The maximum Gasteiger partial charge on any atom is 0.243 e. The zero-order chi connectivity index (χ0) is 19.0. The second-order valence-electron chi connectivity index (χ2n) is 7.09. The SMILES string of the molecule is CC(CN1CCc2ccccc2C1)NS(=O)(=O)c1cccc2nn(C)nc12. The quantitative estimate of drug-likeness (QED) is 0.723. The summed E-state index contributed by atoms with van der Waals surface area (Å²) in [6.45, 7) is 4.34. The summed E-state index contributed by atoms with van der Waals surface area (Å²) in [5, 5.41) is 8.39. The summed E-state index contributed by atoms with van der Waals surface area (Å²) in [6.07, 6.45) is 0.995. The number of rotatable bonds is 5. The van der Waals surface area contributed by atoms with Gasteiger partial charge in [-0.25, -0.2) is 13.1 Å². The number of aryl methyl sites for hydroxylation is 1. The second-order valence-corrected chi connectivity index (χ2v) is 8.77. The van der Waals surface area contributed by atoms with Crippen molar-refractivity contribution in [3.63, 3.8) is 0 Å². The number of nitrogens with one attached hydrogen (secondary N) is 1. The number of hydrogen-bond acceptors (Lipinski definition) is 5. The first-order valence-corrected chi connectivity index (χ1v) is 10.5. The van der Waals surface area contributed by atoms with E-state index in [0.29, 0.717) is 17.6 Å². The molecular weight excluding hydrogens is 362 g/mol. The van der Waals surface area contributed by atoms with Crippen LogP contribution in [0.25, 0.3) is 11.0 Å². The fraction of sp³-hybridized carbons (Fsp3) is 0.368. The van der Waals surface area contributed by atoms with Crippen LogP contribution in [0, 0.1) is 0 Å². The van der Waals surface area contributed by atoms with E-state index in [1.165, 1.54) is 15.9 Å². The third kappa shape index (κ3) is 3.73. The Morgan fingerprint density at radius 2 is 1.89 bits per heavy atom. The van der Waals surface area contributed by atoms with Gasteiger partial charge in [-0.2, -0.15) is 15.0 Å². The predicted molar refractivity (Wildman–Crippen MR) is 104 cm³/mol. The van der Waals surface area contributed by atoms with Crippen LogP contribution in [0.1, 0.15) is 18.1 Å². The third-order valence-electron chi connectivity index (χ3n) is 4.86. The summed E-state index contributed by atoms with van der Waals surface area (Å²) in [7, 11) is -2.00. The van der Waals surface area contributed by atoms with E-state index in [1.807, 2.05) is 6.92 Å². The van der Waals surface area contributed by atoms with Crippen molar-refractivity contribution in [3.05, 3.63) is 53.6 Å². The highest BCUT2D eigenvalue weighted by Gasteiger charge is 2.24. The van der Waals surface area contributed by atoms with Crippen molar-refractivity contribution in [1.29, 1.82) is 0 Å². The van der Waals surface area contributed by atoms with Crippen LogP contribution in [0.4, 0.5) is 0 Å². The van der Waals surface area contributed by atoms with Gasteiger partial charge in [-0.15, -0.1) is 0 Å². The van der Waals surface area contributed by atoms with Gasteiger partial charge in [-0.05, 0) is 36.6 Å². The van der Waals surface area contributed by atoms with Gasteiger partial charge >= 0.3 is 0 Å². The van der Waals surface area contributed by atoms with E-state index in [-0.39, 0.29) is 10.9 Å². The Balaban J connectivity index is 1.48. The molecule has 0 spiro atoms. The van der Waals surface area contributed by atoms with Gasteiger partial charge in [-0.1, -0.05) is 30.3 Å². The Kier molecular flexibility index (Phi) is 4.71. The van der Waals surface area contributed by atoms with Crippen LogP contribution in [0.5, 0.6) is 0 Å². The van der Waals surface area contributed by atoms with Crippen LogP contribution in [0.2, 0.25) is 0 Å². The molecule has 8 heteroatoms. The van der Waals surface area contributed by atoms with Crippen LogP contribution in [-0.4, -0.2) is 47.4 Å². The van der Waals surface area contributed by atoms with Crippen LogP contribution in [0.15, 0.2) is 47.4 Å². The third-order valence-corrected chi connectivity index (χ3v) is 6.48. The molecule has 3 aromatic rings. The Bertz CT molecular complexity index is 1080. The highest BCUT2D eigenvalue weighted by molar-refractivity contribution is 7.89. The molecule has 1 atom stereocenters. The molecule has 1 aliphatic rings. The average molecular weight is 385 g/mol. The van der Waals surface area contributed by atoms with Gasteiger partial charge in [0, 0.05) is 32.7 Å². The summed E-state index contributed by atoms with van der Waals surface area (Å²) < 4.78 is 28.6. The van der Waals surface area contributed by atoms with Crippen molar-refractivity contribution in [3.8, 4) is 0 Å². The van der Waals surface area contributed by atoms with Crippen LogP contribution < -0.4 is 4.72 Å². The molecule has 4 rings (SSSR count). The largest absolute Gasteiger partial charge is 0.297 e. The zero-order valence-electron chi connectivity index (χ0n) is 15.5. The van der Waals surface area contributed by atoms with Gasteiger partial charge in [0.1, 0.15) is 15.9 Å². The molecule has 1 N–H and O–H groups in total. The van der Waals surface area contributed by atoms with Gasteiger partial charge in [0.2, 0.25) is 10.0 Å². The lowest BCUT2D eigenvalue weighted by Crippen LogP contribution is -2.43. The molecule has 1 unspecified atom stereocenters. The molecule has 7 nitrogen and oxygen atoms in total. The fourth-order valence-electron chi connectivity index (χ4n) is 3.69. The average Bonchev–Trinajstić information content (AvgIpc) is 3.01. The van der Waals surface area contributed by atoms with E-state index in [9.17, 15) is 8.42 Å². The monoisotopic (exact) mass is 385 g/mol. The van der Waals surface area contributed by atoms with Crippen molar-refractivity contribution >= 4 is 21.1 Å². The Morgan fingerprint density at radius 3 is 2.70 bits per heavy atom. The summed E-state index contributed by atoms with van der Waals surface area (Å²) >= 11 is 0. The summed E-state index contributed by atoms with van der Waals surface area (Å²) in [5.41, 5.74) is 3.67. The molecule has 0 radical (unpaired) electrons. The minimum absolute atomic E-state index is 0.170. The summed E-state index contributed by atoms with van der Waals surface area (Å²) in [5.74, 6) is 0. The number of benzene rings is 2. The van der Waals surface area contributed by atoms with Crippen LogP contribution in [0.3, 0.4) is 0 Å². The molecule has 2 aromatic carbocycles. The van der Waals surface area contributed by atoms with Gasteiger partial charge in [0.15, 0.2) is 0 Å². The molecule has 0 fully saturated rings. The maximum atomic E-state index is 12.9. The Labute approximate surface area is 159 Å². The summed E-state index contributed by atoms with van der Waals surface area (Å²) in [6, 6.07) is 13.2. The van der Waals surface area contributed by atoms with Gasteiger partial charge < -0.3 is 0 Å². The van der Waals surface area contributed by atoms with Crippen molar-refractivity contribution < 1.29 is 8.42 Å². The van der Waals surface area contributed by atoms with Gasteiger partial charge in [0.25, 0.3) is 0 Å². The number of sulfonamides is 1. The van der Waals surface area contributed by atoms with E-state index < -0.39 is 10.0 Å². The van der Waals surface area contributed by atoms with E-state index in [2.05, 4.69) is 44.1 Å². The van der Waals surface area contributed by atoms with Gasteiger partial charge in [0.05, 0.1) is 0 Å². The predicted octanol–water partition coefficient (Wildman–Crippen LogP) is 1.69. The minimum atomic E-state index is -3.68. The number of hydrogen-bond donors (Lipinski definition) is 1. The zero-order valence-corrected chi connectivity index (χ0v) is 16.3. The van der Waals surface area contributed by atoms with E-state index in [4.69, 9.17) is 0 Å². The van der Waals surface area contributed by atoms with Crippen LogP contribution in [-0.2, 0) is 30.0 Å². The molecule has 1 aromatic heterocycles. The van der Waals surface area contributed by atoms with Gasteiger partial charge in [-0.3, -0.25) is 4.90 Å². The first-order valence-electron chi connectivity index (χ1n) is 9.04. The molecular formula is C19H23N5O2S. The Hall–Kier alpha value is -2.29. The van der Waals surface area contributed by atoms with Crippen LogP contribution >= 0.6 is 0 Å². The summed E-state index contributed by atoms with van der Waals surface area (Å²) in [4.78, 5) is 3.85. The maximum absolute atomic E-state index is 12.9. The number of nitrogens with zero attached hydrogens (tertiary/aromatic N) is 4. The first-order chi connectivity index (χ1) is 12.9. The molecule has 0 bridgehead atoms. The van der Waals surface area contributed by atoms with Crippen molar-refractivity contribution in [1.82, 2.24) is 24.6 Å². The first kappa shape index (κ1) is 18.1. The molecule has 2 heterocycles. The topological polar surface area (TPSA) is 80.1 Å². The fourth-order valence-corrected chi connectivity index (χ4v) is 5.08. The van der Waals surface area contributed by atoms with E-state index >= 15 is 0 Å². The number of fused-ring (bicyclic) bond motifs is 2. The molecule has 1 aliphatic heterocycles. The lowest BCUT2D eigenvalue weighted by Gasteiger charge is -2.31. The highest BCUT2D eigenvalue weighted by atomic mass is 32.2. The van der Waals surface area contributed by atoms with Crippen molar-refractivity contribution in [2.24, 2.45) is 7.05 Å². The standard InChI is InChI=1S/C19H23N5O2S/c1-14(12-24-11-10-15-6-3-4-7-16(15)13-24)22-27(25,26)18-9-5-8-17-19(18)21-23(2)20-17/h3-9,14,22H,10-13H2,1-2H3. The van der Waals surface area contributed by atoms with E-state index in [0.717, 1.165) is 19.5 Å². The second kappa shape index (κ2) is 7.03. The smallest absolute Gasteiger partial charge is 0.243 e. The molecule has 0 amide bonds. The van der Waals surface area contributed by atoms with Crippen molar-refractivity contribution in [2.45, 2.75) is 30.8 Å². The highest BCUT2D eigenvalue weighted by Crippen LogP contribution is 2.21. The lowest BCUT2D eigenvalue weighted by atomic mass is 10.00. The normalized spacial score (nSPS) is 16.4. The molecule has 0 aliphatic carbocycles.